The van der Waals surface area contributed by atoms with E-state index >= 15 is 0 Å². The van der Waals surface area contributed by atoms with Gasteiger partial charge in [0.15, 0.2) is 0 Å². The van der Waals surface area contributed by atoms with Crippen molar-refractivity contribution in [3.05, 3.63) is 0 Å². The topological polar surface area (TPSA) is 83.8 Å². The quantitative estimate of drug-likeness (QED) is 0.743. The molecule has 3 unspecified atom stereocenters. The number of Topliss-reactive ketones (excluding diaryl/α,β-unsaturated/α-hetero) is 2. The molecule has 3 fully saturated rings. The van der Waals surface area contributed by atoms with E-state index in [1.165, 1.54) is 32.1 Å². The minimum Gasteiger partial charge on any atom is -0.390 e. The van der Waals surface area contributed by atoms with Gasteiger partial charge in [0.25, 0.3) is 0 Å². The summed E-state index contributed by atoms with van der Waals surface area (Å²) in [4.78, 5) is 23.1. The van der Waals surface area contributed by atoms with Gasteiger partial charge < -0.3 is 14.9 Å². The largest absolute Gasteiger partial charge is 0.390 e. The molecule has 0 saturated heterocycles. The standard InChI is InChI=1S/C20H32O5/c1-2-20(7-6-13-4-3-5-14(8-13)11-20)25-12-18(23)15-9-16(21)19(24)17(22)10-15/h13-16,18,21,23H,2-12H2,1H3/t13-,14-,15?,16?,18?,20-/m0/s1. The number of aliphatic hydroxyl groups is 2. The Hall–Kier alpha value is -0.780. The molecule has 142 valence electrons. The van der Waals surface area contributed by atoms with Gasteiger partial charge in [-0.15, -0.1) is 0 Å². The van der Waals surface area contributed by atoms with Crippen molar-refractivity contribution in [3.63, 3.8) is 0 Å². The van der Waals surface area contributed by atoms with Crippen molar-refractivity contribution in [2.75, 3.05) is 6.61 Å². The zero-order valence-corrected chi connectivity index (χ0v) is 15.3. The average Bonchev–Trinajstić information content (AvgIpc) is 2.73. The van der Waals surface area contributed by atoms with Crippen LogP contribution in [0.5, 0.6) is 0 Å². The first-order chi connectivity index (χ1) is 11.9. The summed E-state index contributed by atoms with van der Waals surface area (Å²) in [7, 11) is 0. The molecule has 6 atom stereocenters. The van der Waals surface area contributed by atoms with Crippen LogP contribution >= 0.6 is 0 Å². The fourth-order valence-electron chi connectivity index (χ4n) is 5.19. The van der Waals surface area contributed by atoms with Crippen LogP contribution in [0.3, 0.4) is 0 Å². The van der Waals surface area contributed by atoms with Crippen LogP contribution in [0.2, 0.25) is 0 Å². The molecular weight excluding hydrogens is 320 g/mol. The Kier molecular flexibility index (Phi) is 5.96. The van der Waals surface area contributed by atoms with E-state index in [1.807, 2.05) is 0 Å². The third kappa shape index (κ3) is 4.32. The molecule has 0 amide bonds. The average molecular weight is 352 g/mol. The maximum atomic E-state index is 11.7. The van der Waals surface area contributed by atoms with Crippen molar-refractivity contribution >= 4 is 11.6 Å². The zero-order valence-electron chi connectivity index (χ0n) is 15.3. The van der Waals surface area contributed by atoms with E-state index in [9.17, 15) is 19.8 Å². The molecule has 3 saturated carbocycles. The third-order valence-electron chi connectivity index (χ3n) is 6.86. The van der Waals surface area contributed by atoms with Crippen LogP contribution in [0.25, 0.3) is 0 Å². The third-order valence-corrected chi connectivity index (χ3v) is 6.86. The lowest BCUT2D eigenvalue weighted by molar-refractivity contribution is -0.150. The molecule has 0 aliphatic heterocycles. The van der Waals surface area contributed by atoms with E-state index in [0.717, 1.165) is 31.1 Å². The first-order valence-electron chi connectivity index (χ1n) is 9.99. The Morgan fingerprint density at radius 2 is 1.96 bits per heavy atom. The molecular formula is C20H32O5. The highest BCUT2D eigenvalue weighted by molar-refractivity contribution is 6.39. The molecule has 25 heavy (non-hydrogen) atoms. The molecule has 5 heteroatoms. The molecule has 0 aromatic carbocycles. The lowest BCUT2D eigenvalue weighted by Gasteiger charge is -2.37. The highest BCUT2D eigenvalue weighted by Crippen LogP contribution is 2.45. The Balaban J connectivity index is 1.58. The molecule has 2 N–H and O–H groups in total. The number of hydrogen-bond acceptors (Lipinski definition) is 5. The number of aliphatic hydroxyl groups excluding tert-OH is 2. The highest BCUT2D eigenvalue weighted by Gasteiger charge is 2.41. The van der Waals surface area contributed by atoms with Crippen LogP contribution < -0.4 is 0 Å². The number of ether oxygens (including phenoxy) is 1. The van der Waals surface area contributed by atoms with Crippen molar-refractivity contribution in [1.82, 2.24) is 0 Å². The summed E-state index contributed by atoms with van der Waals surface area (Å²) >= 11 is 0. The molecule has 0 aromatic heterocycles. The number of ketones is 2. The summed E-state index contributed by atoms with van der Waals surface area (Å²) in [6.07, 6.45) is 7.62. The number of fused-ring (bicyclic) bond motifs is 2. The van der Waals surface area contributed by atoms with Gasteiger partial charge in [-0.1, -0.05) is 26.2 Å². The maximum absolute atomic E-state index is 11.7. The highest BCUT2D eigenvalue weighted by atomic mass is 16.5. The second-order valence-electron chi connectivity index (χ2n) is 8.56. The smallest absolute Gasteiger partial charge is 0.226 e. The zero-order chi connectivity index (χ0) is 18.0. The second-order valence-corrected chi connectivity index (χ2v) is 8.56. The monoisotopic (exact) mass is 352 g/mol. The minimum atomic E-state index is -1.27. The number of hydrogen-bond donors (Lipinski definition) is 2. The van der Waals surface area contributed by atoms with Crippen molar-refractivity contribution in [2.24, 2.45) is 17.8 Å². The molecule has 2 bridgehead atoms. The van der Waals surface area contributed by atoms with Gasteiger partial charge in [0, 0.05) is 6.42 Å². The van der Waals surface area contributed by atoms with Crippen molar-refractivity contribution in [3.8, 4) is 0 Å². The van der Waals surface area contributed by atoms with Gasteiger partial charge in [-0.2, -0.15) is 0 Å². The van der Waals surface area contributed by atoms with E-state index in [4.69, 9.17) is 4.74 Å². The van der Waals surface area contributed by atoms with Crippen LogP contribution in [0.15, 0.2) is 0 Å². The number of carbonyl (C=O) groups is 2. The van der Waals surface area contributed by atoms with Crippen LogP contribution in [0.1, 0.15) is 71.1 Å². The van der Waals surface area contributed by atoms with Crippen LogP contribution in [0, 0.1) is 17.8 Å². The van der Waals surface area contributed by atoms with Gasteiger partial charge in [-0.3, -0.25) is 9.59 Å². The summed E-state index contributed by atoms with van der Waals surface area (Å²) in [6, 6.07) is 0. The van der Waals surface area contributed by atoms with Crippen LogP contribution in [-0.4, -0.2) is 46.2 Å². The SMILES string of the molecule is CC[C@]1(OCC(O)C2CC(=O)C(=O)C(O)C2)CC[C@@H]2CCC[C@@H](C2)C1. The number of carbonyl (C=O) groups excluding carboxylic acids is 2. The normalized spacial score (nSPS) is 40.6. The van der Waals surface area contributed by atoms with E-state index in [1.54, 1.807) is 0 Å². The van der Waals surface area contributed by atoms with Gasteiger partial charge in [0.05, 0.1) is 18.3 Å². The molecule has 3 aliphatic rings. The molecule has 0 radical (unpaired) electrons. The lowest BCUT2D eigenvalue weighted by atomic mass is 9.79. The summed E-state index contributed by atoms with van der Waals surface area (Å²) < 4.78 is 6.29. The second kappa shape index (κ2) is 7.85. The number of rotatable bonds is 5. The maximum Gasteiger partial charge on any atom is 0.226 e. The fraction of sp³-hybridized carbons (Fsp3) is 0.900. The minimum absolute atomic E-state index is 0.0181. The summed E-state index contributed by atoms with van der Waals surface area (Å²) in [5.41, 5.74) is -0.169. The molecule has 3 rings (SSSR count). The van der Waals surface area contributed by atoms with Gasteiger partial charge in [-0.05, 0) is 56.3 Å². The van der Waals surface area contributed by atoms with Gasteiger partial charge in [0.1, 0.15) is 6.10 Å². The lowest BCUT2D eigenvalue weighted by Crippen LogP contribution is -2.44. The van der Waals surface area contributed by atoms with E-state index in [2.05, 4.69) is 6.92 Å². The fourth-order valence-corrected chi connectivity index (χ4v) is 5.19. The summed E-state index contributed by atoms with van der Waals surface area (Å²) in [5, 5.41) is 20.2. The molecule has 5 nitrogen and oxygen atoms in total. The first-order valence-corrected chi connectivity index (χ1v) is 9.99. The van der Waals surface area contributed by atoms with Gasteiger partial charge in [-0.25, -0.2) is 0 Å². The summed E-state index contributed by atoms with van der Waals surface area (Å²) in [6.45, 7) is 2.35. The van der Waals surface area contributed by atoms with E-state index in [0.29, 0.717) is 0 Å². The first kappa shape index (κ1) is 19.0. The van der Waals surface area contributed by atoms with Gasteiger partial charge in [0.2, 0.25) is 11.6 Å². The molecule has 0 spiro atoms. The van der Waals surface area contributed by atoms with E-state index in [-0.39, 0.29) is 31.0 Å². The van der Waals surface area contributed by atoms with Gasteiger partial charge >= 0.3 is 0 Å². The van der Waals surface area contributed by atoms with Crippen LogP contribution in [0.4, 0.5) is 0 Å². The Morgan fingerprint density at radius 3 is 2.68 bits per heavy atom. The molecule has 0 heterocycles. The Labute approximate surface area is 150 Å². The molecule has 0 aromatic rings. The van der Waals surface area contributed by atoms with Crippen molar-refractivity contribution < 1.29 is 24.5 Å². The molecule has 3 aliphatic carbocycles. The predicted molar refractivity (Wildman–Crippen MR) is 93.0 cm³/mol. The Bertz CT molecular complexity index is 504. The Morgan fingerprint density at radius 1 is 1.20 bits per heavy atom. The predicted octanol–water partition coefficient (Wildman–Crippen LogP) is 2.41. The van der Waals surface area contributed by atoms with E-state index < -0.39 is 23.8 Å². The van der Waals surface area contributed by atoms with Crippen LogP contribution in [-0.2, 0) is 14.3 Å². The summed E-state index contributed by atoms with van der Waals surface area (Å²) in [5.74, 6) is -0.118. The van der Waals surface area contributed by atoms with Crippen molar-refractivity contribution in [1.29, 1.82) is 0 Å². The van der Waals surface area contributed by atoms with Crippen molar-refractivity contribution in [2.45, 2.75) is 88.9 Å².